The third kappa shape index (κ3) is 3.29. The van der Waals surface area contributed by atoms with Gasteiger partial charge in [0, 0.05) is 12.6 Å². The topological polar surface area (TPSA) is 49.3 Å². The van der Waals surface area contributed by atoms with E-state index < -0.39 is 0 Å². The van der Waals surface area contributed by atoms with Crippen molar-refractivity contribution in [3.05, 3.63) is 35.5 Å². The highest BCUT2D eigenvalue weighted by molar-refractivity contribution is 6.42. The largest absolute Gasteiger partial charge is 0.506 e. The quantitative estimate of drug-likeness (QED) is 0.612. The van der Waals surface area contributed by atoms with Gasteiger partial charge >= 0.3 is 0 Å². The van der Waals surface area contributed by atoms with Gasteiger partial charge in [0.25, 0.3) is 0 Å². The first-order valence-corrected chi connectivity index (χ1v) is 4.96. The molecule has 0 fully saturated rings. The molecule has 1 aromatic carbocycles. The second kappa shape index (κ2) is 5.41. The van der Waals surface area contributed by atoms with E-state index in [-0.39, 0.29) is 16.6 Å². The zero-order valence-electron chi connectivity index (χ0n) is 8.33. The lowest BCUT2D eigenvalue weighted by atomic mass is 10.3. The molecule has 1 rings (SSSR count). The third-order valence-corrected chi connectivity index (χ3v) is 2.17. The van der Waals surface area contributed by atoms with E-state index in [2.05, 4.69) is 5.32 Å². The van der Waals surface area contributed by atoms with Crippen molar-refractivity contribution in [2.45, 2.75) is 13.3 Å². The van der Waals surface area contributed by atoms with Crippen molar-refractivity contribution < 1.29 is 9.90 Å². The maximum absolute atomic E-state index is 11.1. The Morgan fingerprint density at radius 3 is 2.80 bits per heavy atom. The van der Waals surface area contributed by atoms with Gasteiger partial charge in [-0.1, -0.05) is 30.7 Å². The number of carbonyl (C=O) groups excluding carboxylic acids is 1. The summed E-state index contributed by atoms with van der Waals surface area (Å²) in [4.78, 5) is 11.1. The van der Waals surface area contributed by atoms with Crippen LogP contribution < -0.4 is 5.32 Å². The van der Waals surface area contributed by atoms with Gasteiger partial charge in [-0.25, -0.2) is 0 Å². The summed E-state index contributed by atoms with van der Waals surface area (Å²) in [6.07, 6.45) is 1.74. The van der Waals surface area contributed by atoms with E-state index in [1.54, 1.807) is 31.2 Å². The average molecular weight is 226 g/mol. The molecule has 15 heavy (non-hydrogen) atoms. The van der Waals surface area contributed by atoms with E-state index in [9.17, 15) is 9.90 Å². The van der Waals surface area contributed by atoms with E-state index in [1.807, 2.05) is 0 Å². The molecule has 0 amide bonds. The molecule has 0 saturated heterocycles. The molecule has 0 spiro atoms. The summed E-state index contributed by atoms with van der Waals surface area (Å²) in [6, 6.07) is 6.71. The van der Waals surface area contributed by atoms with Gasteiger partial charge < -0.3 is 10.4 Å². The number of ketones is 1. The fourth-order valence-corrected chi connectivity index (χ4v) is 1.17. The van der Waals surface area contributed by atoms with E-state index in [0.717, 1.165) is 0 Å². The Bertz CT molecular complexity index is 388. The predicted molar refractivity (Wildman–Crippen MR) is 61.0 cm³/mol. The van der Waals surface area contributed by atoms with Crippen LogP contribution in [0.1, 0.15) is 13.3 Å². The first kappa shape index (κ1) is 11.6. The van der Waals surface area contributed by atoms with E-state index in [0.29, 0.717) is 12.1 Å². The van der Waals surface area contributed by atoms with Crippen LogP contribution >= 0.6 is 11.6 Å². The molecule has 0 bridgehead atoms. The maximum Gasteiger partial charge on any atom is 0.175 e. The van der Waals surface area contributed by atoms with Gasteiger partial charge in [-0.15, -0.1) is 0 Å². The monoisotopic (exact) mass is 225 g/mol. The molecule has 2 N–H and O–H groups in total. The highest BCUT2D eigenvalue weighted by Gasteiger charge is 2.03. The van der Waals surface area contributed by atoms with E-state index in [4.69, 9.17) is 11.6 Å². The van der Waals surface area contributed by atoms with Crippen LogP contribution in [0.25, 0.3) is 0 Å². The molecule has 0 radical (unpaired) electrons. The molecule has 0 aliphatic heterocycles. The first-order valence-electron chi connectivity index (χ1n) is 4.58. The molecule has 0 aliphatic rings. The average Bonchev–Trinajstić information content (AvgIpc) is 2.26. The number of phenols is 1. The highest BCUT2D eigenvalue weighted by atomic mass is 35.5. The fraction of sp³-hybridized carbons (Fsp3) is 0.182. The smallest absolute Gasteiger partial charge is 0.175 e. The molecule has 3 nitrogen and oxygen atoms in total. The zero-order valence-corrected chi connectivity index (χ0v) is 9.08. The molecule has 80 valence electrons. The molecule has 0 heterocycles. The molecular weight excluding hydrogens is 214 g/mol. The summed E-state index contributed by atoms with van der Waals surface area (Å²) in [7, 11) is 0. The van der Waals surface area contributed by atoms with Crippen LogP contribution in [-0.4, -0.2) is 10.9 Å². The molecular formula is C11H12ClNO2. The summed E-state index contributed by atoms with van der Waals surface area (Å²) in [5.74, 6) is -0.0262. The van der Waals surface area contributed by atoms with Crippen molar-refractivity contribution >= 4 is 23.1 Å². The van der Waals surface area contributed by atoms with Gasteiger partial charge in [-0.3, -0.25) is 4.79 Å². The number of phenolic OH excluding ortho intramolecular Hbond substituents is 1. The Balaban J connectivity index is 2.72. The van der Waals surface area contributed by atoms with Crippen LogP contribution in [0, 0.1) is 0 Å². The number of aromatic hydroxyl groups is 1. The van der Waals surface area contributed by atoms with E-state index in [1.165, 1.54) is 6.20 Å². The lowest BCUT2D eigenvalue weighted by Crippen LogP contribution is -1.98. The Morgan fingerprint density at radius 2 is 2.20 bits per heavy atom. The zero-order chi connectivity index (χ0) is 11.3. The normalized spacial score (nSPS) is 11.2. The Labute approximate surface area is 93.4 Å². The number of hydrogen-bond donors (Lipinski definition) is 2. The molecule has 0 unspecified atom stereocenters. The lowest BCUT2D eigenvalue weighted by Gasteiger charge is -2.03. The van der Waals surface area contributed by atoms with Crippen molar-refractivity contribution in [1.29, 1.82) is 0 Å². The Hall–Kier alpha value is -1.48. The number of hydrogen-bond acceptors (Lipinski definition) is 3. The molecule has 0 atom stereocenters. The Morgan fingerprint density at radius 1 is 1.53 bits per heavy atom. The van der Waals surface area contributed by atoms with Gasteiger partial charge in [0.1, 0.15) is 5.75 Å². The summed E-state index contributed by atoms with van der Waals surface area (Å²) >= 11 is 5.70. The standard InChI is InChI=1S/C11H12ClNO2/c1-2-10(14)8(12)7-13-9-5-3-4-6-11(9)15/h3-7,13,15H,2H2,1H3. The number of benzene rings is 1. The number of Topliss-reactive ketones (excluding diaryl/α,β-unsaturated/α-hetero) is 1. The summed E-state index contributed by atoms with van der Waals surface area (Å²) in [5, 5.41) is 12.3. The molecule has 0 saturated carbocycles. The van der Waals surface area contributed by atoms with Gasteiger partial charge in [-0.2, -0.15) is 0 Å². The SMILES string of the molecule is CCC(=O)C(Cl)=CNc1ccccc1O. The summed E-state index contributed by atoms with van der Waals surface area (Å²) < 4.78 is 0. The number of para-hydroxylation sites is 2. The van der Waals surface area contributed by atoms with Crippen molar-refractivity contribution in [1.82, 2.24) is 0 Å². The van der Waals surface area contributed by atoms with Gasteiger partial charge in [0.05, 0.1) is 10.7 Å². The fourth-order valence-electron chi connectivity index (χ4n) is 0.986. The van der Waals surface area contributed by atoms with Crippen LogP contribution in [0.15, 0.2) is 35.5 Å². The molecule has 0 aromatic heterocycles. The van der Waals surface area contributed by atoms with Crippen LogP contribution in [0.2, 0.25) is 0 Å². The van der Waals surface area contributed by atoms with Gasteiger partial charge in [0.15, 0.2) is 5.78 Å². The van der Waals surface area contributed by atoms with Gasteiger partial charge in [-0.05, 0) is 12.1 Å². The molecule has 0 aliphatic carbocycles. The van der Waals surface area contributed by atoms with Crippen LogP contribution in [-0.2, 0) is 4.79 Å². The second-order valence-electron chi connectivity index (χ2n) is 2.93. The maximum atomic E-state index is 11.1. The minimum Gasteiger partial charge on any atom is -0.506 e. The minimum absolute atomic E-state index is 0.113. The second-order valence-corrected chi connectivity index (χ2v) is 3.34. The Kier molecular flexibility index (Phi) is 4.18. The molecule has 1 aromatic rings. The minimum atomic E-state index is -0.139. The van der Waals surface area contributed by atoms with Crippen LogP contribution in [0.5, 0.6) is 5.75 Å². The number of allylic oxidation sites excluding steroid dienone is 1. The number of rotatable bonds is 4. The predicted octanol–water partition coefficient (Wildman–Crippen LogP) is 2.86. The highest BCUT2D eigenvalue weighted by Crippen LogP contribution is 2.22. The number of nitrogens with one attached hydrogen (secondary N) is 1. The third-order valence-electron chi connectivity index (χ3n) is 1.85. The number of halogens is 1. The van der Waals surface area contributed by atoms with Crippen LogP contribution in [0.4, 0.5) is 5.69 Å². The number of anilines is 1. The van der Waals surface area contributed by atoms with Gasteiger partial charge in [0.2, 0.25) is 0 Å². The van der Waals surface area contributed by atoms with Crippen molar-refractivity contribution in [2.24, 2.45) is 0 Å². The van der Waals surface area contributed by atoms with Crippen LogP contribution in [0.3, 0.4) is 0 Å². The summed E-state index contributed by atoms with van der Waals surface area (Å²) in [6.45, 7) is 1.73. The van der Waals surface area contributed by atoms with E-state index >= 15 is 0 Å². The van der Waals surface area contributed by atoms with Crippen molar-refractivity contribution in [2.75, 3.05) is 5.32 Å². The summed E-state index contributed by atoms with van der Waals surface area (Å²) in [5.41, 5.74) is 0.513. The molecule has 4 heteroatoms. The first-order chi connectivity index (χ1) is 7.15. The lowest BCUT2D eigenvalue weighted by molar-refractivity contribution is -0.114. The van der Waals surface area contributed by atoms with Crippen molar-refractivity contribution in [3.8, 4) is 5.75 Å². The van der Waals surface area contributed by atoms with Crippen molar-refractivity contribution in [3.63, 3.8) is 0 Å². The number of carbonyl (C=O) groups is 1.